The zero-order valence-electron chi connectivity index (χ0n) is 9.01. The summed E-state index contributed by atoms with van der Waals surface area (Å²) < 4.78 is 25.9. The van der Waals surface area contributed by atoms with E-state index in [1.165, 1.54) is 24.3 Å². The highest BCUT2D eigenvalue weighted by Crippen LogP contribution is 2.13. The van der Waals surface area contributed by atoms with E-state index >= 15 is 0 Å². The van der Waals surface area contributed by atoms with Crippen molar-refractivity contribution in [2.45, 2.75) is 11.3 Å². The number of aromatic hydroxyl groups is 1. The first-order valence-corrected chi connectivity index (χ1v) is 7.71. The van der Waals surface area contributed by atoms with Crippen molar-refractivity contribution < 1.29 is 13.5 Å². The average molecular weight is 261 g/mol. The average Bonchev–Trinajstić information content (AvgIpc) is 2.25. The molecule has 0 radical (unpaired) electrons. The van der Waals surface area contributed by atoms with E-state index in [9.17, 15) is 8.42 Å². The minimum atomic E-state index is -3.43. The number of thioether (sulfide) groups is 1. The largest absolute Gasteiger partial charge is 0.508 e. The lowest BCUT2D eigenvalue weighted by Gasteiger charge is -2.06. The molecule has 0 aliphatic rings. The maximum atomic E-state index is 11.7. The van der Waals surface area contributed by atoms with Gasteiger partial charge in [-0.3, -0.25) is 0 Å². The number of rotatable bonds is 6. The van der Waals surface area contributed by atoms with E-state index in [1.54, 1.807) is 11.8 Å². The van der Waals surface area contributed by atoms with Crippen molar-refractivity contribution in [3.8, 4) is 5.75 Å². The van der Waals surface area contributed by atoms with E-state index in [4.69, 9.17) is 5.11 Å². The van der Waals surface area contributed by atoms with Gasteiger partial charge in [0.05, 0.1) is 4.90 Å². The molecule has 0 aromatic heterocycles. The van der Waals surface area contributed by atoms with E-state index in [-0.39, 0.29) is 10.6 Å². The lowest BCUT2D eigenvalue weighted by atomic mass is 10.3. The molecule has 16 heavy (non-hydrogen) atoms. The number of phenols is 1. The van der Waals surface area contributed by atoms with Gasteiger partial charge in [-0.1, -0.05) is 0 Å². The summed E-state index contributed by atoms with van der Waals surface area (Å²) >= 11 is 1.68. The first-order chi connectivity index (χ1) is 7.56. The quantitative estimate of drug-likeness (QED) is 0.760. The van der Waals surface area contributed by atoms with Crippen LogP contribution in [0.2, 0.25) is 0 Å². The maximum Gasteiger partial charge on any atom is 0.240 e. The molecule has 90 valence electrons. The Kier molecular flexibility index (Phi) is 5.11. The summed E-state index contributed by atoms with van der Waals surface area (Å²) in [5, 5.41) is 9.05. The van der Waals surface area contributed by atoms with Crippen molar-refractivity contribution >= 4 is 21.8 Å². The molecule has 0 saturated heterocycles. The van der Waals surface area contributed by atoms with Crippen LogP contribution in [0.5, 0.6) is 5.75 Å². The molecule has 0 atom stereocenters. The Morgan fingerprint density at radius 3 is 2.50 bits per heavy atom. The zero-order valence-corrected chi connectivity index (χ0v) is 10.6. The molecule has 0 bridgehead atoms. The molecule has 4 nitrogen and oxygen atoms in total. The number of hydrogen-bond donors (Lipinski definition) is 2. The number of benzene rings is 1. The van der Waals surface area contributed by atoms with Gasteiger partial charge in [0.1, 0.15) is 5.75 Å². The Bertz CT molecular complexity index is 414. The Hall–Kier alpha value is -0.720. The molecular weight excluding hydrogens is 246 g/mol. The SMILES string of the molecule is CSCCCNS(=O)(=O)c1ccc(O)cc1. The van der Waals surface area contributed by atoms with Crippen LogP contribution >= 0.6 is 11.8 Å². The molecule has 0 spiro atoms. The van der Waals surface area contributed by atoms with Crippen molar-refractivity contribution in [1.82, 2.24) is 4.72 Å². The van der Waals surface area contributed by atoms with Gasteiger partial charge in [-0.15, -0.1) is 0 Å². The number of phenolic OH excluding ortho intramolecular Hbond substituents is 1. The lowest BCUT2D eigenvalue weighted by Crippen LogP contribution is -2.25. The third-order valence-electron chi connectivity index (χ3n) is 1.96. The summed E-state index contributed by atoms with van der Waals surface area (Å²) in [6.07, 6.45) is 2.78. The van der Waals surface area contributed by atoms with E-state index in [1.807, 2.05) is 6.26 Å². The standard InChI is InChI=1S/C10H15NO3S2/c1-15-8-2-7-11-16(13,14)10-5-3-9(12)4-6-10/h3-6,11-12H,2,7-8H2,1H3. The zero-order chi connectivity index (χ0) is 12.0. The molecule has 6 heteroatoms. The highest BCUT2D eigenvalue weighted by molar-refractivity contribution is 7.98. The van der Waals surface area contributed by atoms with Crippen LogP contribution in [-0.2, 0) is 10.0 Å². The minimum Gasteiger partial charge on any atom is -0.508 e. The van der Waals surface area contributed by atoms with Gasteiger partial charge in [-0.2, -0.15) is 11.8 Å². The van der Waals surface area contributed by atoms with Gasteiger partial charge in [-0.05, 0) is 42.7 Å². The normalized spacial score (nSPS) is 11.6. The first kappa shape index (κ1) is 13.3. The summed E-state index contributed by atoms with van der Waals surface area (Å²) in [5.41, 5.74) is 0. The molecule has 0 aliphatic carbocycles. The van der Waals surface area contributed by atoms with Crippen molar-refractivity contribution in [1.29, 1.82) is 0 Å². The molecule has 0 heterocycles. The van der Waals surface area contributed by atoms with Gasteiger partial charge >= 0.3 is 0 Å². The molecule has 0 fully saturated rings. The van der Waals surface area contributed by atoms with E-state index in [0.29, 0.717) is 6.54 Å². The number of hydrogen-bond acceptors (Lipinski definition) is 4. The molecule has 1 aromatic carbocycles. The predicted octanol–water partition coefficient (Wildman–Crippen LogP) is 1.42. The van der Waals surface area contributed by atoms with Crippen molar-refractivity contribution in [2.24, 2.45) is 0 Å². The molecular formula is C10H15NO3S2. The van der Waals surface area contributed by atoms with E-state index in [0.717, 1.165) is 12.2 Å². The Balaban J connectivity index is 2.60. The molecule has 0 unspecified atom stereocenters. The molecule has 0 aliphatic heterocycles. The molecule has 1 rings (SSSR count). The highest BCUT2D eigenvalue weighted by Gasteiger charge is 2.12. The van der Waals surface area contributed by atoms with Crippen LogP contribution in [0.1, 0.15) is 6.42 Å². The van der Waals surface area contributed by atoms with Crippen LogP contribution in [-0.4, -0.2) is 32.1 Å². The molecule has 1 aromatic rings. The van der Waals surface area contributed by atoms with Crippen LogP contribution < -0.4 is 4.72 Å². The Labute approximate surface area is 100 Å². The molecule has 2 N–H and O–H groups in total. The summed E-state index contributed by atoms with van der Waals surface area (Å²) in [7, 11) is -3.43. The maximum absolute atomic E-state index is 11.7. The Morgan fingerprint density at radius 1 is 1.31 bits per heavy atom. The summed E-state index contributed by atoms with van der Waals surface area (Å²) in [5.74, 6) is 0.985. The summed E-state index contributed by atoms with van der Waals surface area (Å²) in [6, 6.07) is 5.48. The van der Waals surface area contributed by atoms with E-state index < -0.39 is 10.0 Å². The van der Waals surface area contributed by atoms with Gasteiger partial charge in [0.25, 0.3) is 0 Å². The van der Waals surface area contributed by atoms with Crippen LogP contribution in [0.25, 0.3) is 0 Å². The van der Waals surface area contributed by atoms with Crippen LogP contribution in [0.4, 0.5) is 0 Å². The fourth-order valence-electron chi connectivity index (χ4n) is 1.13. The van der Waals surface area contributed by atoms with Crippen molar-refractivity contribution in [2.75, 3.05) is 18.6 Å². The van der Waals surface area contributed by atoms with Crippen LogP contribution in [0.3, 0.4) is 0 Å². The van der Waals surface area contributed by atoms with Crippen LogP contribution in [0.15, 0.2) is 29.2 Å². The fraction of sp³-hybridized carbons (Fsp3) is 0.400. The van der Waals surface area contributed by atoms with E-state index in [2.05, 4.69) is 4.72 Å². The second kappa shape index (κ2) is 6.12. The Morgan fingerprint density at radius 2 is 1.94 bits per heavy atom. The smallest absolute Gasteiger partial charge is 0.240 e. The number of nitrogens with one attached hydrogen (secondary N) is 1. The van der Waals surface area contributed by atoms with Gasteiger partial charge in [-0.25, -0.2) is 13.1 Å². The van der Waals surface area contributed by atoms with Gasteiger partial charge in [0, 0.05) is 6.54 Å². The highest BCUT2D eigenvalue weighted by atomic mass is 32.2. The first-order valence-electron chi connectivity index (χ1n) is 4.84. The third-order valence-corrected chi connectivity index (χ3v) is 4.14. The van der Waals surface area contributed by atoms with Crippen molar-refractivity contribution in [3.05, 3.63) is 24.3 Å². The second-order valence-corrected chi connectivity index (χ2v) is 5.99. The topological polar surface area (TPSA) is 66.4 Å². The lowest BCUT2D eigenvalue weighted by molar-refractivity contribution is 0.474. The molecule has 0 saturated carbocycles. The summed E-state index contributed by atoms with van der Waals surface area (Å²) in [6.45, 7) is 0.435. The summed E-state index contributed by atoms with van der Waals surface area (Å²) in [4.78, 5) is 0.175. The van der Waals surface area contributed by atoms with Gasteiger partial charge < -0.3 is 5.11 Å². The third kappa shape index (κ3) is 4.03. The minimum absolute atomic E-state index is 0.0568. The number of sulfonamides is 1. The monoisotopic (exact) mass is 261 g/mol. The predicted molar refractivity (Wildman–Crippen MR) is 66.3 cm³/mol. The van der Waals surface area contributed by atoms with Crippen molar-refractivity contribution in [3.63, 3.8) is 0 Å². The fourth-order valence-corrected chi connectivity index (χ4v) is 2.64. The van der Waals surface area contributed by atoms with Gasteiger partial charge in [0.15, 0.2) is 0 Å². The van der Waals surface area contributed by atoms with Gasteiger partial charge in [0.2, 0.25) is 10.0 Å². The molecule has 0 amide bonds. The van der Waals surface area contributed by atoms with Crippen LogP contribution in [0, 0.1) is 0 Å². The second-order valence-electron chi connectivity index (χ2n) is 3.24.